The zero-order chi connectivity index (χ0) is 14.1. The van der Waals surface area contributed by atoms with Crippen LogP contribution in [0.5, 0.6) is 0 Å². The number of hydrogen-bond acceptors (Lipinski definition) is 4. The van der Waals surface area contributed by atoms with Gasteiger partial charge in [-0.3, -0.25) is 10.1 Å². The van der Waals surface area contributed by atoms with E-state index in [9.17, 15) is 4.79 Å². The number of amides is 1. The summed E-state index contributed by atoms with van der Waals surface area (Å²) in [5.41, 5.74) is 1.41. The fourth-order valence-corrected chi connectivity index (χ4v) is 3.55. The van der Waals surface area contributed by atoms with Gasteiger partial charge in [0.05, 0.1) is 16.3 Å². The summed E-state index contributed by atoms with van der Waals surface area (Å²) < 4.78 is 0. The van der Waals surface area contributed by atoms with Crippen LogP contribution in [0.25, 0.3) is 0 Å². The molecule has 0 spiro atoms. The Morgan fingerprint density at radius 2 is 2.10 bits per heavy atom. The van der Waals surface area contributed by atoms with Crippen LogP contribution in [0, 0.1) is 0 Å². The highest BCUT2D eigenvalue weighted by atomic mass is 35.5. The molecule has 0 atom stereocenters. The van der Waals surface area contributed by atoms with Crippen LogP contribution < -0.4 is 5.32 Å². The highest BCUT2D eigenvalue weighted by Crippen LogP contribution is 2.30. The molecule has 104 valence electrons. The number of pyridine rings is 1. The second kappa shape index (κ2) is 5.68. The minimum atomic E-state index is -0.314. The Hall–Kier alpha value is -1.17. The lowest BCUT2D eigenvalue weighted by Crippen LogP contribution is -2.12. The number of thiazole rings is 1. The molecule has 0 saturated carbocycles. The molecule has 1 aliphatic rings. The number of nitrogens with zero attached hydrogens (tertiary/aromatic N) is 2. The molecular formula is C13H11Cl2N3OS. The van der Waals surface area contributed by atoms with E-state index in [2.05, 4.69) is 15.3 Å². The fourth-order valence-electron chi connectivity index (χ4n) is 2.16. The van der Waals surface area contributed by atoms with E-state index in [-0.39, 0.29) is 16.1 Å². The molecule has 0 saturated heterocycles. The van der Waals surface area contributed by atoms with E-state index in [0.717, 1.165) is 25.0 Å². The first-order valence-electron chi connectivity index (χ1n) is 6.24. The minimum absolute atomic E-state index is 0.234. The lowest BCUT2D eigenvalue weighted by molar-refractivity contribution is 0.102. The number of fused-ring (bicyclic) bond motifs is 1. The third-order valence-corrected chi connectivity index (χ3v) is 4.71. The number of carbonyl (C=O) groups excluding carboxylic acids is 1. The summed E-state index contributed by atoms with van der Waals surface area (Å²) in [6.45, 7) is 0. The molecule has 2 aromatic rings. The number of hydrogen-bond donors (Lipinski definition) is 1. The summed E-state index contributed by atoms with van der Waals surface area (Å²) in [4.78, 5) is 21.7. The molecule has 3 rings (SSSR count). The number of aryl methyl sites for hydroxylation is 2. The molecule has 0 aromatic carbocycles. The maximum Gasteiger partial charge on any atom is 0.259 e. The van der Waals surface area contributed by atoms with E-state index in [1.165, 1.54) is 34.9 Å². The molecular weight excluding hydrogens is 317 g/mol. The van der Waals surface area contributed by atoms with Crippen molar-refractivity contribution in [1.82, 2.24) is 9.97 Å². The van der Waals surface area contributed by atoms with Crippen LogP contribution in [-0.2, 0) is 12.8 Å². The molecule has 0 aliphatic heterocycles. The topological polar surface area (TPSA) is 54.9 Å². The van der Waals surface area contributed by atoms with Crippen LogP contribution in [-0.4, -0.2) is 15.9 Å². The van der Waals surface area contributed by atoms with Crippen molar-refractivity contribution < 1.29 is 4.79 Å². The monoisotopic (exact) mass is 327 g/mol. The van der Waals surface area contributed by atoms with E-state index >= 15 is 0 Å². The molecule has 0 unspecified atom stereocenters. The second-order valence-corrected chi connectivity index (χ2v) is 6.42. The van der Waals surface area contributed by atoms with E-state index < -0.39 is 0 Å². The van der Waals surface area contributed by atoms with Gasteiger partial charge in [0.1, 0.15) is 5.15 Å². The molecule has 20 heavy (non-hydrogen) atoms. The van der Waals surface area contributed by atoms with Gasteiger partial charge in [0.15, 0.2) is 5.13 Å². The summed E-state index contributed by atoms with van der Waals surface area (Å²) in [6, 6.07) is 1.45. The molecule has 2 aromatic heterocycles. The van der Waals surface area contributed by atoms with Crippen molar-refractivity contribution in [3.8, 4) is 0 Å². The Balaban J connectivity index is 1.82. The van der Waals surface area contributed by atoms with Crippen LogP contribution in [0.1, 0.15) is 33.8 Å². The fraction of sp³-hybridized carbons (Fsp3) is 0.308. The molecule has 7 heteroatoms. The zero-order valence-electron chi connectivity index (χ0n) is 10.4. The van der Waals surface area contributed by atoms with Crippen LogP contribution >= 0.6 is 34.5 Å². The number of nitrogens with one attached hydrogen (secondary N) is 1. The summed E-state index contributed by atoms with van der Waals surface area (Å²) in [6.07, 6.45) is 5.75. The third-order valence-electron chi connectivity index (χ3n) is 3.13. The Kier molecular flexibility index (Phi) is 3.92. The van der Waals surface area contributed by atoms with Crippen molar-refractivity contribution in [2.24, 2.45) is 0 Å². The van der Waals surface area contributed by atoms with Crippen LogP contribution in [0.4, 0.5) is 5.13 Å². The summed E-state index contributed by atoms with van der Waals surface area (Å²) in [7, 11) is 0. The molecule has 0 bridgehead atoms. The average molecular weight is 328 g/mol. The van der Waals surface area contributed by atoms with Crippen molar-refractivity contribution in [1.29, 1.82) is 0 Å². The van der Waals surface area contributed by atoms with Crippen molar-refractivity contribution in [3.05, 3.63) is 38.6 Å². The predicted molar refractivity (Wildman–Crippen MR) is 81.0 cm³/mol. The van der Waals surface area contributed by atoms with Crippen molar-refractivity contribution in [2.45, 2.75) is 25.7 Å². The zero-order valence-corrected chi connectivity index (χ0v) is 12.8. The second-order valence-electron chi connectivity index (χ2n) is 4.54. The SMILES string of the molecule is O=C(Nc1nc2c(s1)CCCC2)c1cc(Cl)ncc1Cl. The largest absolute Gasteiger partial charge is 0.298 e. The Bertz CT molecular complexity index is 648. The minimum Gasteiger partial charge on any atom is -0.298 e. The van der Waals surface area contributed by atoms with Crippen LogP contribution in [0.3, 0.4) is 0 Å². The van der Waals surface area contributed by atoms with Crippen molar-refractivity contribution in [2.75, 3.05) is 5.32 Å². The first-order valence-corrected chi connectivity index (χ1v) is 7.81. The quantitative estimate of drug-likeness (QED) is 0.849. The molecule has 4 nitrogen and oxygen atoms in total. The third kappa shape index (κ3) is 2.80. The number of carbonyl (C=O) groups is 1. The van der Waals surface area contributed by atoms with E-state index in [1.807, 2.05) is 0 Å². The lowest BCUT2D eigenvalue weighted by atomic mass is 10.0. The molecule has 0 radical (unpaired) electrons. The molecule has 1 aliphatic carbocycles. The van der Waals surface area contributed by atoms with Gasteiger partial charge in [0, 0.05) is 11.1 Å². The van der Waals surface area contributed by atoms with Crippen LogP contribution in [0.15, 0.2) is 12.3 Å². The first-order chi connectivity index (χ1) is 9.63. The molecule has 2 heterocycles. The van der Waals surface area contributed by atoms with E-state index in [1.54, 1.807) is 0 Å². The van der Waals surface area contributed by atoms with Gasteiger partial charge in [-0.15, -0.1) is 11.3 Å². The standard InChI is InChI=1S/C13H11Cl2N3OS/c14-8-6-16-11(15)5-7(8)12(19)18-13-17-9-3-1-2-4-10(9)20-13/h5-6H,1-4H2,(H,17,18,19). The van der Waals surface area contributed by atoms with Crippen LogP contribution in [0.2, 0.25) is 10.2 Å². The van der Waals surface area contributed by atoms with Gasteiger partial charge in [0.2, 0.25) is 0 Å². The maximum absolute atomic E-state index is 12.2. The van der Waals surface area contributed by atoms with Crippen molar-refractivity contribution >= 4 is 45.6 Å². The van der Waals surface area contributed by atoms with Gasteiger partial charge in [-0.05, 0) is 31.7 Å². The van der Waals surface area contributed by atoms with Gasteiger partial charge in [-0.2, -0.15) is 0 Å². The van der Waals surface area contributed by atoms with Gasteiger partial charge in [0.25, 0.3) is 5.91 Å². The Morgan fingerprint density at radius 1 is 1.30 bits per heavy atom. The van der Waals surface area contributed by atoms with Gasteiger partial charge < -0.3 is 0 Å². The summed E-state index contributed by atoms with van der Waals surface area (Å²) >= 11 is 13.3. The Labute approximate surface area is 130 Å². The van der Waals surface area contributed by atoms with E-state index in [0.29, 0.717) is 10.7 Å². The lowest BCUT2D eigenvalue weighted by Gasteiger charge is -2.06. The number of aromatic nitrogens is 2. The van der Waals surface area contributed by atoms with Gasteiger partial charge >= 0.3 is 0 Å². The molecule has 0 fully saturated rings. The number of halogens is 2. The first kappa shape index (κ1) is 13.8. The average Bonchev–Trinajstić information content (AvgIpc) is 2.83. The summed E-state index contributed by atoms with van der Waals surface area (Å²) in [5, 5.41) is 3.90. The summed E-state index contributed by atoms with van der Waals surface area (Å²) in [5.74, 6) is -0.314. The predicted octanol–water partition coefficient (Wildman–Crippen LogP) is 3.98. The molecule has 1 amide bonds. The van der Waals surface area contributed by atoms with Gasteiger partial charge in [-0.1, -0.05) is 23.2 Å². The van der Waals surface area contributed by atoms with E-state index in [4.69, 9.17) is 23.2 Å². The van der Waals surface area contributed by atoms with Crippen molar-refractivity contribution in [3.63, 3.8) is 0 Å². The maximum atomic E-state index is 12.2. The number of rotatable bonds is 2. The normalized spacial score (nSPS) is 13.9. The highest BCUT2D eigenvalue weighted by molar-refractivity contribution is 7.15. The van der Waals surface area contributed by atoms with Gasteiger partial charge in [-0.25, -0.2) is 9.97 Å². The molecule has 1 N–H and O–H groups in total. The Morgan fingerprint density at radius 3 is 2.90 bits per heavy atom. The smallest absolute Gasteiger partial charge is 0.259 e. The number of anilines is 1. The highest BCUT2D eigenvalue weighted by Gasteiger charge is 2.18.